The molecule has 0 amide bonds. The van der Waals surface area contributed by atoms with Crippen molar-refractivity contribution < 1.29 is 9.66 Å². The second-order valence-corrected chi connectivity index (χ2v) is 3.87. The molecule has 0 radical (unpaired) electrons. The zero-order chi connectivity index (χ0) is 13.0. The van der Waals surface area contributed by atoms with Gasteiger partial charge in [0.1, 0.15) is 5.69 Å². The third kappa shape index (κ3) is 3.50. The van der Waals surface area contributed by atoms with Gasteiger partial charge in [0.15, 0.2) is 0 Å². The maximum atomic E-state index is 10.9. The first-order chi connectivity index (χ1) is 7.95. The highest BCUT2D eigenvalue weighted by Gasteiger charge is 2.22. The highest BCUT2D eigenvalue weighted by Crippen LogP contribution is 2.26. The van der Waals surface area contributed by atoms with Crippen molar-refractivity contribution in [3.63, 3.8) is 0 Å². The van der Waals surface area contributed by atoms with Crippen LogP contribution < -0.4 is 5.32 Å². The molecule has 1 unspecified atom stereocenters. The SMILES string of the molecule is COCC(C)Nc1nc(Cl)nc(C)c1[N+](=O)[O-]. The van der Waals surface area contributed by atoms with Gasteiger partial charge in [-0.1, -0.05) is 0 Å². The highest BCUT2D eigenvalue weighted by atomic mass is 35.5. The molecule has 7 nitrogen and oxygen atoms in total. The van der Waals surface area contributed by atoms with Crippen molar-refractivity contribution in [2.45, 2.75) is 19.9 Å². The van der Waals surface area contributed by atoms with E-state index in [0.717, 1.165) is 0 Å². The summed E-state index contributed by atoms with van der Waals surface area (Å²) in [6.07, 6.45) is 0. The minimum atomic E-state index is -0.534. The van der Waals surface area contributed by atoms with E-state index >= 15 is 0 Å². The number of nitrogens with one attached hydrogen (secondary N) is 1. The van der Waals surface area contributed by atoms with Crippen LogP contribution in [-0.2, 0) is 4.74 Å². The van der Waals surface area contributed by atoms with E-state index in [9.17, 15) is 10.1 Å². The minimum absolute atomic E-state index is 0.0276. The van der Waals surface area contributed by atoms with Gasteiger partial charge in [-0.05, 0) is 25.4 Å². The Morgan fingerprint density at radius 2 is 2.24 bits per heavy atom. The Balaban J connectivity index is 3.08. The van der Waals surface area contributed by atoms with Crippen molar-refractivity contribution >= 4 is 23.1 Å². The summed E-state index contributed by atoms with van der Waals surface area (Å²) in [5.41, 5.74) is 0.0551. The summed E-state index contributed by atoms with van der Waals surface area (Å²) in [4.78, 5) is 17.9. The average Bonchev–Trinajstić information content (AvgIpc) is 2.15. The van der Waals surface area contributed by atoms with Crippen LogP contribution in [0.5, 0.6) is 0 Å². The number of rotatable bonds is 5. The van der Waals surface area contributed by atoms with Crippen LogP contribution in [0.15, 0.2) is 0 Å². The Labute approximate surface area is 103 Å². The van der Waals surface area contributed by atoms with Crippen LogP contribution in [0.3, 0.4) is 0 Å². The molecule has 0 aliphatic heterocycles. The van der Waals surface area contributed by atoms with Gasteiger partial charge < -0.3 is 10.1 Å². The first-order valence-electron chi connectivity index (χ1n) is 4.89. The van der Waals surface area contributed by atoms with Crippen molar-refractivity contribution in [2.75, 3.05) is 19.0 Å². The van der Waals surface area contributed by atoms with Crippen LogP contribution in [0.1, 0.15) is 12.6 Å². The van der Waals surface area contributed by atoms with E-state index in [1.54, 1.807) is 7.11 Å². The van der Waals surface area contributed by atoms with Gasteiger partial charge in [-0.3, -0.25) is 10.1 Å². The maximum absolute atomic E-state index is 10.9. The standard InChI is InChI=1S/C9H13ClN4O3/c1-5(4-17-3)11-8-7(14(15)16)6(2)12-9(10)13-8/h5H,4H2,1-3H3,(H,11,12,13). The lowest BCUT2D eigenvalue weighted by Crippen LogP contribution is -2.22. The van der Waals surface area contributed by atoms with E-state index < -0.39 is 4.92 Å². The quantitative estimate of drug-likeness (QED) is 0.493. The van der Waals surface area contributed by atoms with Gasteiger partial charge in [-0.2, -0.15) is 4.98 Å². The predicted octanol–water partition coefficient (Wildman–Crippen LogP) is 1.79. The van der Waals surface area contributed by atoms with E-state index in [0.29, 0.717) is 6.61 Å². The molecule has 0 aliphatic carbocycles. The zero-order valence-electron chi connectivity index (χ0n) is 9.73. The maximum Gasteiger partial charge on any atom is 0.332 e. The molecule has 0 aliphatic rings. The molecule has 0 spiro atoms. The first kappa shape index (κ1) is 13.6. The van der Waals surface area contributed by atoms with E-state index in [2.05, 4.69) is 15.3 Å². The molecule has 8 heteroatoms. The molecule has 17 heavy (non-hydrogen) atoms. The number of anilines is 1. The molecule has 1 heterocycles. The molecular formula is C9H13ClN4O3. The molecule has 1 aromatic rings. The summed E-state index contributed by atoms with van der Waals surface area (Å²) in [5.74, 6) is 0.108. The van der Waals surface area contributed by atoms with Crippen molar-refractivity contribution in [1.29, 1.82) is 0 Å². The molecule has 94 valence electrons. The number of aromatic nitrogens is 2. The number of hydrogen-bond acceptors (Lipinski definition) is 6. The fourth-order valence-electron chi connectivity index (χ4n) is 1.38. The number of aryl methyl sites for hydroxylation is 1. The Bertz CT molecular complexity index is 427. The minimum Gasteiger partial charge on any atom is -0.383 e. The largest absolute Gasteiger partial charge is 0.383 e. The summed E-state index contributed by atoms with van der Waals surface area (Å²) >= 11 is 5.67. The molecule has 0 fully saturated rings. The van der Waals surface area contributed by atoms with E-state index in [1.165, 1.54) is 6.92 Å². The summed E-state index contributed by atoms with van der Waals surface area (Å²) in [5, 5.41) is 13.7. The molecule has 0 aromatic carbocycles. The summed E-state index contributed by atoms with van der Waals surface area (Å²) in [7, 11) is 1.55. The van der Waals surface area contributed by atoms with E-state index in [1.807, 2.05) is 6.92 Å². The molecule has 0 saturated heterocycles. The molecule has 1 atom stereocenters. The summed E-state index contributed by atoms with van der Waals surface area (Å²) in [6, 6.07) is -0.121. The molecule has 1 N–H and O–H groups in total. The lowest BCUT2D eigenvalue weighted by molar-refractivity contribution is -0.385. The van der Waals surface area contributed by atoms with Crippen molar-refractivity contribution in [3.05, 3.63) is 21.1 Å². The van der Waals surface area contributed by atoms with Crippen molar-refractivity contribution in [3.8, 4) is 0 Å². The molecular weight excluding hydrogens is 248 g/mol. The number of hydrogen-bond donors (Lipinski definition) is 1. The van der Waals surface area contributed by atoms with Crippen LogP contribution in [0.2, 0.25) is 5.28 Å². The Morgan fingerprint density at radius 1 is 1.59 bits per heavy atom. The second-order valence-electron chi connectivity index (χ2n) is 3.53. The van der Waals surface area contributed by atoms with Gasteiger partial charge in [-0.15, -0.1) is 0 Å². The van der Waals surface area contributed by atoms with Crippen LogP contribution in [0.25, 0.3) is 0 Å². The van der Waals surface area contributed by atoms with Gasteiger partial charge in [0.25, 0.3) is 0 Å². The monoisotopic (exact) mass is 260 g/mol. The fraction of sp³-hybridized carbons (Fsp3) is 0.556. The molecule has 1 rings (SSSR count). The zero-order valence-corrected chi connectivity index (χ0v) is 10.5. The van der Waals surface area contributed by atoms with Gasteiger partial charge in [0, 0.05) is 13.2 Å². The van der Waals surface area contributed by atoms with Crippen molar-refractivity contribution in [2.24, 2.45) is 0 Å². The average molecular weight is 261 g/mol. The molecule has 0 saturated carbocycles. The number of halogens is 1. The number of nitro groups is 1. The lowest BCUT2D eigenvalue weighted by atomic mass is 10.3. The smallest absolute Gasteiger partial charge is 0.332 e. The topological polar surface area (TPSA) is 90.2 Å². The number of methoxy groups -OCH3 is 1. The Kier molecular flexibility index (Phi) is 4.59. The fourth-order valence-corrected chi connectivity index (χ4v) is 1.59. The lowest BCUT2D eigenvalue weighted by Gasteiger charge is -2.13. The second kappa shape index (κ2) is 5.74. The molecule has 0 bridgehead atoms. The Morgan fingerprint density at radius 3 is 2.76 bits per heavy atom. The van der Waals surface area contributed by atoms with Crippen molar-refractivity contribution in [1.82, 2.24) is 9.97 Å². The summed E-state index contributed by atoms with van der Waals surface area (Å²) in [6.45, 7) is 3.73. The third-order valence-electron chi connectivity index (χ3n) is 2.01. The van der Waals surface area contributed by atoms with E-state index in [-0.39, 0.29) is 28.5 Å². The number of nitrogens with zero attached hydrogens (tertiary/aromatic N) is 3. The highest BCUT2D eigenvalue weighted by molar-refractivity contribution is 6.28. The van der Waals surface area contributed by atoms with Gasteiger partial charge in [0.2, 0.25) is 11.1 Å². The molecule has 1 aromatic heterocycles. The normalized spacial score (nSPS) is 12.2. The third-order valence-corrected chi connectivity index (χ3v) is 2.18. The van der Waals surface area contributed by atoms with E-state index in [4.69, 9.17) is 16.3 Å². The van der Waals surface area contributed by atoms with Crippen LogP contribution in [0.4, 0.5) is 11.5 Å². The van der Waals surface area contributed by atoms with Gasteiger partial charge >= 0.3 is 5.69 Å². The first-order valence-corrected chi connectivity index (χ1v) is 5.27. The summed E-state index contributed by atoms with van der Waals surface area (Å²) < 4.78 is 4.93. The Hall–Kier alpha value is -1.47. The van der Waals surface area contributed by atoms with Crippen LogP contribution >= 0.6 is 11.6 Å². The van der Waals surface area contributed by atoms with Crippen LogP contribution in [0, 0.1) is 17.0 Å². The van der Waals surface area contributed by atoms with Crippen LogP contribution in [-0.4, -0.2) is 34.6 Å². The predicted molar refractivity (Wildman–Crippen MR) is 63.4 cm³/mol. The van der Waals surface area contributed by atoms with Gasteiger partial charge in [-0.25, -0.2) is 4.98 Å². The van der Waals surface area contributed by atoms with Gasteiger partial charge in [0.05, 0.1) is 11.5 Å². The number of ether oxygens (including phenoxy) is 1.